The zero-order valence-corrected chi connectivity index (χ0v) is 13.7. The minimum atomic E-state index is -0.337. The van der Waals surface area contributed by atoms with Gasteiger partial charge in [-0.15, -0.1) is 0 Å². The molecule has 2 N–H and O–H groups in total. The molecular formula is C16H17BrN2O3. The molecule has 22 heavy (non-hydrogen) atoms. The van der Waals surface area contributed by atoms with E-state index in [2.05, 4.69) is 26.6 Å². The SMILES string of the molecule is CCOc1ccccc1OCNC(=O)Nc1ccc(Br)cc1. The van der Waals surface area contributed by atoms with Crippen LogP contribution in [0.1, 0.15) is 6.92 Å². The first kappa shape index (κ1) is 16.2. The molecule has 0 aliphatic carbocycles. The van der Waals surface area contributed by atoms with Crippen LogP contribution in [0.3, 0.4) is 0 Å². The van der Waals surface area contributed by atoms with Gasteiger partial charge in [0, 0.05) is 10.2 Å². The van der Waals surface area contributed by atoms with Gasteiger partial charge < -0.3 is 20.1 Å². The number of carbonyl (C=O) groups excluding carboxylic acids is 1. The van der Waals surface area contributed by atoms with Crippen LogP contribution >= 0.6 is 15.9 Å². The van der Waals surface area contributed by atoms with Crippen LogP contribution in [-0.4, -0.2) is 19.4 Å². The average molecular weight is 365 g/mol. The van der Waals surface area contributed by atoms with Gasteiger partial charge in [-0.1, -0.05) is 28.1 Å². The summed E-state index contributed by atoms with van der Waals surface area (Å²) in [7, 11) is 0. The topological polar surface area (TPSA) is 59.6 Å². The maximum atomic E-state index is 11.8. The highest BCUT2D eigenvalue weighted by molar-refractivity contribution is 9.10. The Labute approximate surface area is 137 Å². The van der Waals surface area contributed by atoms with Crippen molar-refractivity contribution < 1.29 is 14.3 Å². The fourth-order valence-corrected chi connectivity index (χ4v) is 2.00. The van der Waals surface area contributed by atoms with Crippen LogP contribution in [0.4, 0.5) is 10.5 Å². The summed E-state index contributed by atoms with van der Waals surface area (Å²) in [4.78, 5) is 11.8. The summed E-state index contributed by atoms with van der Waals surface area (Å²) in [5.74, 6) is 1.24. The van der Waals surface area contributed by atoms with Crippen molar-refractivity contribution in [2.45, 2.75) is 6.92 Å². The third-order valence-corrected chi connectivity index (χ3v) is 3.24. The van der Waals surface area contributed by atoms with Gasteiger partial charge in [0.05, 0.1) is 6.61 Å². The Balaban J connectivity index is 1.81. The van der Waals surface area contributed by atoms with Crippen LogP contribution in [0.2, 0.25) is 0 Å². The quantitative estimate of drug-likeness (QED) is 0.761. The molecule has 5 nitrogen and oxygen atoms in total. The molecule has 2 aromatic carbocycles. The lowest BCUT2D eigenvalue weighted by Crippen LogP contribution is -2.32. The van der Waals surface area contributed by atoms with E-state index in [4.69, 9.17) is 9.47 Å². The summed E-state index contributed by atoms with van der Waals surface area (Å²) in [5.41, 5.74) is 0.704. The Hall–Kier alpha value is -2.21. The molecule has 0 aliphatic heterocycles. The highest BCUT2D eigenvalue weighted by atomic mass is 79.9. The molecule has 0 radical (unpaired) electrons. The minimum absolute atomic E-state index is 0.0481. The molecule has 2 rings (SSSR count). The Kier molecular flexibility index (Phi) is 6.09. The van der Waals surface area contributed by atoms with E-state index in [1.54, 1.807) is 18.2 Å². The molecule has 0 fully saturated rings. The third kappa shape index (κ3) is 4.96. The van der Waals surface area contributed by atoms with Crippen molar-refractivity contribution >= 4 is 27.6 Å². The number of hydrogen-bond donors (Lipinski definition) is 2. The lowest BCUT2D eigenvalue weighted by atomic mass is 10.3. The lowest BCUT2D eigenvalue weighted by Gasteiger charge is -2.12. The molecular weight excluding hydrogens is 348 g/mol. The molecule has 0 bridgehead atoms. The molecule has 116 valence electrons. The van der Waals surface area contributed by atoms with Crippen LogP contribution in [0.25, 0.3) is 0 Å². The summed E-state index contributed by atoms with van der Waals surface area (Å²) in [5, 5.41) is 5.34. The largest absolute Gasteiger partial charge is 0.490 e. The number of anilines is 1. The number of ether oxygens (including phenoxy) is 2. The highest BCUT2D eigenvalue weighted by Crippen LogP contribution is 2.25. The lowest BCUT2D eigenvalue weighted by molar-refractivity contribution is 0.229. The monoisotopic (exact) mass is 364 g/mol. The van der Waals surface area contributed by atoms with Crippen molar-refractivity contribution in [3.8, 4) is 11.5 Å². The van der Waals surface area contributed by atoms with Crippen molar-refractivity contribution in [2.24, 2.45) is 0 Å². The second-order valence-electron chi connectivity index (χ2n) is 4.31. The summed E-state index contributed by atoms with van der Waals surface area (Å²) in [6.45, 7) is 2.50. The maximum Gasteiger partial charge on any atom is 0.321 e. The number of halogens is 1. The van der Waals surface area contributed by atoms with Crippen LogP contribution in [-0.2, 0) is 0 Å². The first-order valence-electron chi connectivity index (χ1n) is 6.84. The number of urea groups is 1. The Morgan fingerprint density at radius 3 is 2.32 bits per heavy atom. The molecule has 2 aromatic rings. The summed E-state index contributed by atoms with van der Waals surface area (Å²) in [6.07, 6.45) is 0. The Bertz CT molecular complexity index is 617. The molecule has 0 unspecified atom stereocenters. The maximum absolute atomic E-state index is 11.8. The number of para-hydroxylation sites is 2. The summed E-state index contributed by atoms with van der Waals surface area (Å²) in [6, 6.07) is 14.3. The van der Waals surface area contributed by atoms with Gasteiger partial charge in [0.25, 0.3) is 0 Å². The van der Waals surface area contributed by atoms with Crippen molar-refractivity contribution in [3.63, 3.8) is 0 Å². The van der Waals surface area contributed by atoms with Gasteiger partial charge in [0.2, 0.25) is 0 Å². The van der Waals surface area contributed by atoms with Gasteiger partial charge in [-0.25, -0.2) is 4.79 Å². The fraction of sp³-hybridized carbons (Fsp3) is 0.188. The van der Waals surface area contributed by atoms with E-state index >= 15 is 0 Å². The van der Waals surface area contributed by atoms with Crippen LogP contribution < -0.4 is 20.1 Å². The van der Waals surface area contributed by atoms with Gasteiger partial charge >= 0.3 is 6.03 Å². The van der Waals surface area contributed by atoms with E-state index in [1.807, 2.05) is 37.3 Å². The normalized spacial score (nSPS) is 9.91. The first-order valence-corrected chi connectivity index (χ1v) is 7.63. The molecule has 0 aliphatic rings. The molecule has 0 saturated carbocycles. The molecule has 0 atom stereocenters. The van der Waals surface area contributed by atoms with Crippen LogP contribution in [0.15, 0.2) is 53.0 Å². The van der Waals surface area contributed by atoms with E-state index in [-0.39, 0.29) is 12.8 Å². The second-order valence-corrected chi connectivity index (χ2v) is 5.22. The van der Waals surface area contributed by atoms with E-state index in [0.29, 0.717) is 23.8 Å². The molecule has 0 spiro atoms. The standard InChI is InChI=1S/C16H17BrN2O3/c1-2-21-14-5-3-4-6-15(14)22-11-18-16(20)19-13-9-7-12(17)8-10-13/h3-10H,2,11H2,1H3,(H2,18,19,20). The first-order chi connectivity index (χ1) is 10.7. The summed E-state index contributed by atoms with van der Waals surface area (Å²) < 4.78 is 11.9. The van der Waals surface area contributed by atoms with E-state index in [0.717, 1.165) is 4.47 Å². The zero-order chi connectivity index (χ0) is 15.8. The molecule has 0 aromatic heterocycles. The number of amides is 2. The predicted octanol–water partition coefficient (Wildman–Crippen LogP) is 4.01. The molecule has 0 saturated heterocycles. The van der Waals surface area contributed by atoms with Crippen molar-refractivity contribution in [1.82, 2.24) is 5.32 Å². The van der Waals surface area contributed by atoms with Gasteiger partial charge in [-0.05, 0) is 43.3 Å². The van der Waals surface area contributed by atoms with Crippen molar-refractivity contribution in [1.29, 1.82) is 0 Å². The zero-order valence-electron chi connectivity index (χ0n) is 12.1. The predicted molar refractivity (Wildman–Crippen MR) is 89.4 cm³/mol. The third-order valence-electron chi connectivity index (χ3n) is 2.71. The minimum Gasteiger partial charge on any atom is -0.490 e. The molecule has 6 heteroatoms. The van der Waals surface area contributed by atoms with E-state index in [9.17, 15) is 4.79 Å². The second kappa shape index (κ2) is 8.29. The van der Waals surface area contributed by atoms with E-state index in [1.165, 1.54) is 0 Å². The Morgan fingerprint density at radius 2 is 1.68 bits per heavy atom. The fourth-order valence-electron chi connectivity index (χ4n) is 1.73. The molecule has 2 amide bonds. The van der Waals surface area contributed by atoms with E-state index < -0.39 is 0 Å². The van der Waals surface area contributed by atoms with Crippen molar-refractivity contribution in [3.05, 3.63) is 53.0 Å². The number of nitrogens with one attached hydrogen (secondary N) is 2. The smallest absolute Gasteiger partial charge is 0.321 e. The van der Waals surface area contributed by atoms with Gasteiger partial charge in [-0.3, -0.25) is 0 Å². The number of carbonyl (C=O) groups is 1. The average Bonchev–Trinajstić information content (AvgIpc) is 2.51. The van der Waals surface area contributed by atoms with Gasteiger partial charge in [0.1, 0.15) is 0 Å². The van der Waals surface area contributed by atoms with Gasteiger partial charge in [-0.2, -0.15) is 0 Å². The van der Waals surface area contributed by atoms with Gasteiger partial charge in [0.15, 0.2) is 18.2 Å². The number of hydrogen-bond acceptors (Lipinski definition) is 3. The van der Waals surface area contributed by atoms with Crippen LogP contribution in [0, 0.1) is 0 Å². The summed E-state index contributed by atoms with van der Waals surface area (Å²) >= 11 is 3.34. The van der Waals surface area contributed by atoms with Crippen molar-refractivity contribution in [2.75, 3.05) is 18.7 Å². The van der Waals surface area contributed by atoms with Crippen LogP contribution in [0.5, 0.6) is 11.5 Å². The Morgan fingerprint density at radius 1 is 1.05 bits per heavy atom. The highest BCUT2D eigenvalue weighted by Gasteiger charge is 2.05. The molecule has 0 heterocycles. The number of benzene rings is 2. The number of rotatable bonds is 6.